The van der Waals surface area contributed by atoms with Crippen LogP contribution in [0.5, 0.6) is 0 Å². The lowest BCUT2D eigenvalue weighted by Gasteiger charge is -2.45. The van der Waals surface area contributed by atoms with Crippen molar-refractivity contribution in [3.63, 3.8) is 0 Å². The zero-order valence-corrected chi connectivity index (χ0v) is 11.2. The Hall–Kier alpha value is -0.900. The molecule has 4 nitrogen and oxygen atoms in total. The Morgan fingerprint density at radius 2 is 2.12 bits per heavy atom. The largest absolute Gasteiger partial charge is 0.339 e. The normalized spacial score (nSPS) is 32.6. The first-order valence-corrected chi connectivity index (χ1v) is 6.54. The van der Waals surface area contributed by atoms with E-state index in [1.165, 1.54) is 0 Å². The molecule has 2 N–H and O–H groups in total. The number of nitrogens with two attached hydrogens (primary N) is 1. The van der Waals surface area contributed by atoms with Crippen LogP contribution >= 0.6 is 0 Å². The summed E-state index contributed by atoms with van der Waals surface area (Å²) in [5, 5.41) is 4.00. The van der Waals surface area contributed by atoms with E-state index in [1.54, 1.807) is 0 Å². The first-order valence-electron chi connectivity index (χ1n) is 6.54. The molecule has 1 aromatic rings. The maximum absolute atomic E-state index is 6.16. The SMILES string of the molecule is CCc1noc(C2CCC(N)C(C)C2(C)C)n1. The molecule has 1 saturated carbocycles. The molecule has 96 valence electrons. The fourth-order valence-corrected chi connectivity index (χ4v) is 2.84. The van der Waals surface area contributed by atoms with Crippen molar-refractivity contribution in [3.8, 4) is 0 Å². The van der Waals surface area contributed by atoms with Crippen LogP contribution in [-0.4, -0.2) is 16.2 Å². The number of rotatable bonds is 2. The average Bonchev–Trinajstić information content (AvgIpc) is 2.74. The van der Waals surface area contributed by atoms with Gasteiger partial charge in [-0.05, 0) is 24.2 Å². The molecule has 0 bridgehead atoms. The molecule has 0 radical (unpaired) electrons. The average molecular weight is 237 g/mol. The van der Waals surface area contributed by atoms with Gasteiger partial charge in [-0.15, -0.1) is 0 Å². The van der Waals surface area contributed by atoms with Crippen LogP contribution in [0.15, 0.2) is 4.52 Å². The third-order valence-electron chi connectivity index (χ3n) is 4.60. The van der Waals surface area contributed by atoms with E-state index in [4.69, 9.17) is 10.3 Å². The first kappa shape index (κ1) is 12.6. The molecule has 1 aliphatic rings. The fraction of sp³-hybridized carbons (Fsp3) is 0.846. The standard InChI is InChI=1S/C13H23N3O/c1-5-11-15-12(17-16-11)9-6-7-10(14)8(2)13(9,3)4/h8-10H,5-7,14H2,1-4H3. The zero-order chi connectivity index (χ0) is 12.6. The second-order valence-corrected chi connectivity index (χ2v) is 5.81. The maximum Gasteiger partial charge on any atom is 0.230 e. The summed E-state index contributed by atoms with van der Waals surface area (Å²) >= 11 is 0. The molecule has 1 heterocycles. The van der Waals surface area contributed by atoms with Gasteiger partial charge in [0.15, 0.2) is 5.82 Å². The minimum Gasteiger partial charge on any atom is -0.339 e. The Morgan fingerprint density at radius 1 is 1.41 bits per heavy atom. The summed E-state index contributed by atoms with van der Waals surface area (Å²) in [6, 6.07) is 0.287. The van der Waals surface area contributed by atoms with Crippen LogP contribution < -0.4 is 5.73 Å². The van der Waals surface area contributed by atoms with Crippen molar-refractivity contribution in [1.29, 1.82) is 0 Å². The molecule has 0 aromatic carbocycles. The van der Waals surface area contributed by atoms with Gasteiger partial charge < -0.3 is 10.3 Å². The van der Waals surface area contributed by atoms with E-state index >= 15 is 0 Å². The van der Waals surface area contributed by atoms with Crippen molar-refractivity contribution in [2.45, 2.75) is 58.9 Å². The third-order valence-corrected chi connectivity index (χ3v) is 4.60. The third kappa shape index (κ3) is 2.10. The lowest BCUT2D eigenvalue weighted by molar-refractivity contribution is 0.0806. The number of aromatic nitrogens is 2. The Morgan fingerprint density at radius 3 is 2.71 bits per heavy atom. The summed E-state index contributed by atoms with van der Waals surface area (Å²) in [7, 11) is 0. The van der Waals surface area contributed by atoms with Crippen LogP contribution in [0.25, 0.3) is 0 Å². The lowest BCUT2D eigenvalue weighted by atomic mass is 9.61. The minimum atomic E-state index is 0.120. The van der Waals surface area contributed by atoms with E-state index in [2.05, 4.69) is 30.9 Å². The van der Waals surface area contributed by atoms with Crippen molar-refractivity contribution in [2.75, 3.05) is 0 Å². The minimum absolute atomic E-state index is 0.120. The molecule has 4 heteroatoms. The maximum atomic E-state index is 6.16. The molecule has 3 atom stereocenters. The van der Waals surface area contributed by atoms with Gasteiger partial charge in [-0.1, -0.05) is 32.9 Å². The fourth-order valence-electron chi connectivity index (χ4n) is 2.84. The lowest BCUT2D eigenvalue weighted by Crippen LogP contribution is -2.45. The molecule has 0 saturated heterocycles. The summed E-state index contributed by atoms with van der Waals surface area (Å²) in [5.74, 6) is 2.41. The van der Waals surface area contributed by atoms with E-state index in [-0.39, 0.29) is 11.5 Å². The van der Waals surface area contributed by atoms with Crippen molar-refractivity contribution < 1.29 is 4.52 Å². The Labute approximate surface area is 103 Å². The van der Waals surface area contributed by atoms with Crippen LogP contribution in [0.4, 0.5) is 0 Å². The van der Waals surface area contributed by atoms with Crippen molar-refractivity contribution in [2.24, 2.45) is 17.1 Å². The predicted molar refractivity (Wildman–Crippen MR) is 66.6 cm³/mol. The van der Waals surface area contributed by atoms with Gasteiger partial charge in [-0.3, -0.25) is 0 Å². The summed E-state index contributed by atoms with van der Waals surface area (Å²) in [4.78, 5) is 4.49. The first-order chi connectivity index (χ1) is 7.96. The molecule has 17 heavy (non-hydrogen) atoms. The smallest absolute Gasteiger partial charge is 0.230 e. The molecule has 3 unspecified atom stereocenters. The van der Waals surface area contributed by atoms with E-state index < -0.39 is 0 Å². The number of hydrogen-bond acceptors (Lipinski definition) is 4. The van der Waals surface area contributed by atoms with Gasteiger partial charge in [-0.2, -0.15) is 4.98 Å². The Balaban J connectivity index is 2.26. The van der Waals surface area contributed by atoms with Crippen molar-refractivity contribution >= 4 is 0 Å². The van der Waals surface area contributed by atoms with E-state index in [0.29, 0.717) is 11.8 Å². The highest BCUT2D eigenvalue weighted by Gasteiger charge is 2.44. The summed E-state index contributed by atoms with van der Waals surface area (Å²) in [5.41, 5.74) is 6.28. The second kappa shape index (κ2) is 4.41. The number of hydrogen-bond donors (Lipinski definition) is 1. The zero-order valence-electron chi connectivity index (χ0n) is 11.2. The van der Waals surface area contributed by atoms with Crippen molar-refractivity contribution in [1.82, 2.24) is 10.1 Å². The van der Waals surface area contributed by atoms with E-state index in [0.717, 1.165) is 31.0 Å². The molecular weight excluding hydrogens is 214 g/mol. The van der Waals surface area contributed by atoms with Gasteiger partial charge in [0.2, 0.25) is 5.89 Å². The Bertz CT molecular complexity index is 386. The molecule has 0 spiro atoms. The monoisotopic (exact) mass is 237 g/mol. The van der Waals surface area contributed by atoms with Crippen LogP contribution in [0.2, 0.25) is 0 Å². The van der Waals surface area contributed by atoms with E-state index in [1.807, 2.05) is 6.92 Å². The highest BCUT2D eigenvalue weighted by Crippen LogP contribution is 2.49. The highest BCUT2D eigenvalue weighted by molar-refractivity contribution is 5.06. The van der Waals surface area contributed by atoms with Gasteiger partial charge in [0.05, 0.1) is 0 Å². The van der Waals surface area contributed by atoms with Gasteiger partial charge >= 0.3 is 0 Å². The van der Waals surface area contributed by atoms with Crippen LogP contribution in [-0.2, 0) is 6.42 Å². The van der Waals surface area contributed by atoms with Gasteiger partial charge in [-0.25, -0.2) is 0 Å². The molecular formula is C13H23N3O. The molecule has 2 rings (SSSR count). The summed E-state index contributed by atoms with van der Waals surface area (Å²) in [6.45, 7) is 8.79. The van der Waals surface area contributed by atoms with Gasteiger partial charge in [0.1, 0.15) is 0 Å². The molecule has 0 amide bonds. The van der Waals surface area contributed by atoms with Crippen molar-refractivity contribution in [3.05, 3.63) is 11.7 Å². The topological polar surface area (TPSA) is 64.9 Å². The van der Waals surface area contributed by atoms with E-state index in [9.17, 15) is 0 Å². The molecule has 1 aliphatic carbocycles. The van der Waals surface area contributed by atoms with Crippen LogP contribution in [0, 0.1) is 11.3 Å². The molecule has 1 fully saturated rings. The Kier molecular flexibility index (Phi) is 3.25. The quantitative estimate of drug-likeness (QED) is 0.858. The summed E-state index contributed by atoms with van der Waals surface area (Å²) in [6.07, 6.45) is 2.91. The van der Waals surface area contributed by atoms with Gasteiger partial charge in [0.25, 0.3) is 0 Å². The van der Waals surface area contributed by atoms with Crippen LogP contribution in [0.1, 0.15) is 58.2 Å². The molecule has 0 aliphatic heterocycles. The van der Waals surface area contributed by atoms with Gasteiger partial charge in [0, 0.05) is 18.4 Å². The number of aryl methyl sites for hydroxylation is 1. The number of nitrogens with zero attached hydrogens (tertiary/aromatic N) is 2. The van der Waals surface area contributed by atoms with Crippen LogP contribution in [0.3, 0.4) is 0 Å². The highest BCUT2D eigenvalue weighted by atomic mass is 16.5. The predicted octanol–water partition coefficient (Wildman–Crippen LogP) is 2.50. The summed E-state index contributed by atoms with van der Waals surface area (Å²) < 4.78 is 5.41. The molecule has 1 aromatic heterocycles. The second-order valence-electron chi connectivity index (χ2n) is 5.81.